The summed E-state index contributed by atoms with van der Waals surface area (Å²) in [4.78, 5) is 22.1. The number of nitro benzene ring substituents is 1. The molecule has 0 spiro atoms. The van der Waals surface area contributed by atoms with E-state index in [0.29, 0.717) is 11.1 Å². The van der Waals surface area contributed by atoms with Crippen molar-refractivity contribution in [2.24, 2.45) is 0 Å². The smallest absolute Gasteiger partial charge is 0.339 e. The number of rotatable bonds is 5. The van der Waals surface area contributed by atoms with E-state index in [1.807, 2.05) is 18.2 Å². The first-order valence-corrected chi connectivity index (χ1v) is 6.60. The number of carbonyl (C=O) groups is 1. The summed E-state index contributed by atoms with van der Waals surface area (Å²) in [7, 11) is 0. The van der Waals surface area contributed by atoms with Gasteiger partial charge in [0.1, 0.15) is 12.2 Å². The van der Waals surface area contributed by atoms with E-state index in [0.717, 1.165) is 5.56 Å². The first-order chi connectivity index (χ1) is 10.4. The molecule has 0 aliphatic carbocycles. The molecule has 0 atom stereocenters. The summed E-state index contributed by atoms with van der Waals surface area (Å²) in [6.45, 7) is 3.27. The lowest BCUT2D eigenvalue weighted by Gasteiger charge is -2.13. The molecular formula is C16H15NO5. The lowest BCUT2D eigenvalue weighted by atomic mass is 10.0. The second-order valence-corrected chi connectivity index (χ2v) is 4.88. The summed E-state index contributed by atoms with van der Waals surface area (Å²) < 4.78 is 5.49. The summed E-state index contributed by atoms with van der Waals surface area (Å²) in [5.41, 5.74) is 1.24. The number of hydrogen-bond donors (Lipinski definition) is 1. The fourth-order valence-corrected chi connectivity index (χ4v) is 2.13. The molecule has 0 aromatic heterocycles. The molecule has 0 aliphatic rings. The van der Waals surface area contributed by atoms with Crippen LogP contribution < -0.4 is 4.74 Å². The summed E-state index contributed by atoms with van der Waals surface area (Å²) >= 11 is 0. The van der Waals surface area contributed by atoms with Crippen LogP contribution in [0.5, 0.6) is 5.75 Å². The summed E-state index contributed by atoms with van der Waals surface area (Å²) in [6.07, 6.45) is 0. The van der Waals surface area contributed by atoms with Crippen LogP contribution in [0.1, 0.15) is 27.0 Å². The van der Waals surface area contributed by atoms with Crippen molar-refractivity contribution < 1.29 is 19.6 Å². The average Bonchev–Trinajstić information content (AvgIpc) is 2.48. The van der Waals surface area contributed by atoms with Gasteiger partial charge in [0.15, 0.2) is 0 Å². The van der Waals surface area contributed by atoms with Gasteiger partial charge in [0, 0.05) is 5.56 Å². The second-order valence-electron chi connectivity index (χ2n) is 4.88. The molecule has 6 nitrogen and oxygen atoms in total. The van der Waals surface area contributed by atoms with Gasteiger partial charge in [-0.2, -0.15) is 0 Å². The Morgan fingerprint density at radius 1 is 1.27 bits per heavy atom. The number of hydrogen-bond acceptors (Lipinski definition) is 4. The number of carboxylic acids is 1. The summed E-state index contributed by atoms with van der Waals surface area (Å²) in [6, 6.07) is 10.5. The number of ether oxygens (including phenoxy) is 1. The minimum absolute atomic E-state index is 0.0600. The van der Waals surface area contributed by atoms with Crippen LogP contribution in [0.15, 0.2) is 36.4 Å². The maximum Gasteiger partial charge on any atom is 0.339 e. The van der Waals surface area contributed by atoms with Crippen LogP contribution in [-0.4, -0.2) is 16.0 Å². The van der Waals surface area contributed by atoms with Crippen LogP contribution in [0.3, 0.4) is 0 Å². The first kappa shape index (κ1) is 15.5. The van der Waals surface area contributed by atoms with Crippen molar-refractivity contribution >= 4 is 11.7 Å². The zero-order chi connectivity index (χ0) is 16.3. The molecule has 0 fully saturated rings. The van der Waals surface area contributed by atoms with Crippen LogP contribution >= 0.6 is 0 Å². The monoisotopic (exact) mass is 301 g/mol. The molecule has 0 aliphatic heterocycles. The standard InChI is InChI=1S/C16H15NO5/c1-10-8-13(16(18)19)15(14(11(10)2)17(20)21)22-9-12-6-4-3-5-7-12/h3-8H,9H2,1-2H3,(H,18,19). The lowest BCUT2D eigenvalue weighted by molar-refractivity contribution is -0.386. The van der Waals surface area contributed by atoms with Crippen LogP contribution in [-0.2, 0) is 6.61 Å². The molecule has 6 heteroatoms. The maximum absolute atomic E-state index is 11.4. The molecule has 0 heterocycles. The largest absolute Gasteiger partial charge is 0.481 e. The molecule has 114 valence electrons. The summed E-state index contributed by atoms with van der Waals surface area (Å²) in [5, 5.41) is 20.6. The highest BCUT2D eigenvalue weighted by Gasteiger charge is 2.27. The third-order valence-electron chi connectivity index (χ3n) is 3.41. The van der Waals surface area contributed by atoms with E-state index in [1.54, 1.807) is 26.0 Å². The molecule has 0 amide bonds. The van der Waals surface area contributed by atoms with Gasteiger partial charge in [-0.15, -0.1) is 0 Å². The van der Waals surface area contributed by atoms with Gasteiger partial charge in [-0.3, -0.25) is 10.1 Å². The topological polar surface area (TPSA) is 89.7 Å². The molecule has 2 rings (SSSR count). The fourth-order valence-electron chi connectivity index (χ4n) is 2.13. The lowest BCUT2D eigenvalue weighted by Crippen LogP contribution is -2.08. The van der Waals surface area contributed by atoms with Crippen molar-refractivity contribution in [1.29, 1.82) is 0 Å². The van der Waals surface area contributed by atoms with Gasteiger partial charge in [0.2, 0.25) is 5.75 Å². The summed E-state index contributed by atoms with van der Waals surface area (Å²) in [5.74, 6) is -1.46. The normalized spacial score (nSPS) is 10.3. The van der Waals surface area contributed by atoms with Gasteiger partial charge in [0.25, 0.3) is 0 Å². The predicted molar refractivity (Wildman–Crippen MR) is 80.3 cm³/mol. The van der Waals surface area contributed by atoms with Crippen LogP contribution in [0.25, 0.3) is 0 Å². The van der Waals surface area contributed by atoms with E-state index in [-0.39, 0.29) is 23.6 Å². The van der Waals surface area contributed by atoms with Gasteiger partial charge >= 0.3 is 11.7 Å². The third-order valence-corrected chi connectivity index (χ3v) is 3.41. The number of nitrogens with zero attached hydrogens (tertiary/aromatic N) is 1. The van der Waals surface area contributed by atoms with Crippen LogP contribution in [0.4, 0.5) is 5.69 Å². The quantitative estimate of drug-likeness (QED) is 0.674. The Hall–Kier alpha value is -2.89. The Labute approximate surface area is 127 Å². The third kappa shape index (κ3) is 3.06. The highest BCUT2D eigenvalue weighted by atomic mass is 16.6. The van der Waals surface area contributed by atoms with E-state index in [2.05, 4.69) is 0 Å². The SMILES string of the molecule is Cc1cc(C(=O)O)c(OCc2ccccc2)c([N+](=O)[O-])c1C. The molecule has 0 saturated heterocycles. The molecule has 2 aromatic carbocycles. The number of nitro groups is 1. The molecule has 0 radical (unpaired) electrons. The van der Waals surface area contributed by atoms with E-state index in [9.17, 15) is 20.0 Å². The van der Waals surface area contributed by atoms with Crippen LogP contribution in [0.2, 0.25) is 0 Å². The van der Waals surface area contributed by atoms with Crippen molar-refractivity contribution in [1.82, 2.24) is 0 Å². The molecule has 1 N–H and O–H groups in total. The first-order valence-electron chi connectivity index (χ1n) is 6.60. The predicted octanol–water partition coefficient (Wildman–Crippen LogP) is 3.49. The van der Waals surface area contributed by atoms with Gasteiger partial charge in [-0.1, -0.05) is 30.3 Å². The minimum atomic E-state index is -1.26. The van der Waals surface area contributed by atoms with Gasteiger partial charge in [-0.25, -0.2) is 4.79 Å². The number of carboxylic acid groups (broad SMARTS) is 1. The Kier molecular flexibility index (Phi) is 4.41. The molecule has 0 bridgehead atoms. The maximum atomic E-state index is 11.4. The molecule has 2 aromatic rings. The Bertz CT molecular complexity index is 725. The van der Waals surface area contributed by atoms with Crippen molar-refractivity contribution in [2.45, 2.75) is 20.5 Å². The fraction of sp³-hybridized carbons (Fsp3) is 0.188. The van der Waals surface area contributed by atoms with Gasteiger partial charge in [0.05, 0.1) is 4.92 Å². The second kappa shape index (κ2) is 6.26. The molecular weight excluding hydrogens is 286 g/mol. The molecule has 22 heavy (non-hydrogen) atoms. The molecule has 0 saturated carbocycles. The van der Waals surface area contributed by atoms with E-state index in [4.69, 9.17) is 4.74 Å². The van der Waals surface area contributed by atoms with Crippen LogP contribution in [0, 0.1) is 24.0 Å². The Balaban J connectivity index is 2.49. The van der Waals surface area contributed by atoms with Crippen molar-refractivity contribution in [3.8, 4) is 5.75 Å². The van der Waals surface area contributed by atoms with E-state index < -0.39 is 10.9 Å². The van der Waals surface area contributed by atoms with Crippen molar-refractivity contribution in [3.63, 3.8) is 0 Å². The van der Waals surface area contributed by atoms with Gasteiger partial charge < -0.3 is 9.84 Å². The van der Waals surface area contributed by atoms with E-state index >= 15 is 0 Å². The van der Waals surface area contributed by atoms with Crippen molar-refractivity contribution in [2.75, 3.05) is 0 Å². The van der Waals surface area contributed by atoms with E-state index in [1.165, 1.54) is 6.07 Å². The van der Waals surface area contributed by atoms with Gasteiger partial charge in [-0.05, 0) is 31.0 Å². The Morgan fingerprint density at radius 2 is 1.91 bits per heavy atom. The number of aryl methyl sites for hydroxylation is 1. The van der Waals surface area contributed by atoms with Crippen molar-refractivity contribution in [3.05, 3.63) is 68.8 Å². The highest BCUT2D eigenvalue weighted by molar-refractivity contribution is 5.93. The zero-order valence-corrected chi connectivity index (χ0v) is 12.2. The molecule has 0 unspecified atom stereocenters. The zero-order valence-electron chi connectivity index (χ0n) is 12.2. The number of benzene rings is 2. The minimum Gasteiger partial charge on any atom is -0.481 e. The average molecular weight is 301 g/mol. The number of aromatic carboxylic acids is 1. The highest BCUT2D eigenvalue weighted by Crippen LogP contribution is 2.37. The Morgan fingerprint density at radius 3 is 2.45 bits per heavy atom.